The van der Waals surface area contributed by atoms with Crippen molar-refractivity contribution in [3.8, 4) is 0 Å². The Bertz CT molecular complexity index is 527. The Labute approximate surface area is 119 Å². The Hall–Kier alpha value is -0.960. The molecule has 2 heterocycles. The van der Waals surface area contributed by atoms with Gasteiger partial charge in [0.2, 0.25) is 0 Å². The van der Waals surface area contributed by atoms with Gasteiger partial charge in [-0.15, -0.1) is 0 Å². The van der Waals surface area contributed by atoms with Gasteiger partial charge in [0.05, 0.1) is 18.8 Å². The van der Waals surface area contributed by atoms with Crippen LogP contribution in [0.3, 0.4) is 0 Å². The lowest BCUT2D eigenvalue weighted by Gasteiger charge is -2.31. The van der Waals surface area contributed by atoms with Crippen LogP contribution in [-0.2, 0) is 21.5 Å². The number of aryl methyl sites for hydroxylation is 1. The molecule has 1 aromatic rings. The number of hydrogen-bond acceptors (Lipinski definition) is 5. The highest BCUT2D eigenvalue weighted by atomic mass is 32.2. The fourth-order valence-corrected chi connectivity index (χ4v) is 3.65. The molecule has 0 spiro atoms. The molecule has 1 atom stereocenters. The summed E-state index contributed by atoms with van der Waals surface area (Å²) >= 11 is 0. The SMILES string of the molecule is COCC1CCCN(S(=O)(=O)NCc2cc(C)no2)C1. The van der Waals surface area contributed by atoms with Gasteiger partial charge in [-0.1, -0.05) is 5.16 Å². The molecule has 1 aliphatic rings. The van der Waals surface area contributed by atoms with E-state index in [1.165, 1.54) is 4.31 Å². The summed E-state index contributed by atoms with van der Waals surface area (Å²) in [7, 11) is -1.85. The third kappa shape index (κ3) is 4.02. The number of methoxy groups -OCH3 is 1. The van der Waals surface area contributed by atoms with E-state index in [0.717, 1.165) is 18.5 Å². The first-order valence-electron chi connectivity index (χ1n) is 6.67. The van der Waals surface area contributed by atoms with E-state index in [9.17, 15) is 8.42 Å². The van der Waals surface area contributed by atoms with Crippen molar-refractivity contribution in [2.24, 2.45) is 5.92 Å². The van der Waals surface area contributed by atoms with E-state index in [0.29, 0.717) is 25.5 Å². The van der Waals surface area contributed by atoms with Crippen molar-refractivity contribution < 1.29 is 17.7 Å². The maximum atomic E-state index is 12.2. The predicted octanol–water partition coefficient (Wildman–Crippen LogP) is 0.676. The largest absolute Gasteiger partial charge is 0.384 e. The van der Waals surface area contributed by atoms with E-state index < -0.39 is 10.2 Å². The lowest BCUT2D eigenvalue weighted by molar-refractivity contribution is 0.118. The summed E-state index contributed by atoms with van der Waals surface area (Å²) in [5.41, 5.74) is 0.734. The second kappa shape index (κ2) is 6.66. The molecule has 0 radical (unpaired) electrons. The average Bonchev–Trinajstić information content (AvgIpc) is 2.83. The molecule has 0 aromatic carbocycles. The lowest BCUT2D eigenvalue weighted by Crippen LogP contribution is -2.46. The first kappa shape index (κ1) is 15.4. The predicted molar refractivity (Wildman–Crippen MR) is 73.2 cm³/mol. The highest BCUT2D eigenvalue weighted by Gasteiger charge is 2.28. The molecule has 8 heteroatoms. The molecule has 0 amide bonds. The maximum Gasteiger partial charge on any atom is 0.279 e. The van der Waals surface area contributed by atoms with Gasteiger partial charge in [-0.2, -0.15) is 17.4 Å². The maximum absolute atomic E-state index is 12.2. The molecule has 2 rings (SSSR count). The van der Waals surface area contributed by atoms with E-state index in [4.69, 9.17) is 9.26 Å². The van der Waals surface area contributed by atoms with Crippen LogP contribution in [0.15, 0.2) is 10.6 Å². The van der Waals surface area contributed by atoms with Crippen molar-refractivity contribution in [2.75, 3.05) is 26.8 Å². The monoisotopic (exact) mass is 303 g/mol. The molecule has 1 unspecified atom stereocenters. The van der Waals surface area contributed by atoms with Crippen LogP contribution in [-0.4, -0.2) is 44.7 Å². The van der Waals surface area contributed by atoms with Crippen molar-refractivity contribution in [1.82, 2.24) is 14.2 Å². The van der Waals surface area contributed by atoms with Gasteiger partial charge in [-0.25, -0.2) is 0 Å². The summed E-state index contributed by atoms with van der Waals surface area (Å²) < 4.78 is 38.6. The minimum absolute atomic E-state index is 0.120. The third-order valence-corrected chi connectivity index (χ3v) is 4.85. The van der Waals surface area contributed by atoms with Crippen LogP contribution in [0.4, 0.5) is 0 Å². The molecular formula is C12H21N3O4S. The second-order valence-corrected chi connectivity index (χ2v) is 6.84. The van der Waals surface area contributed by atoms with Crippen molar-refractivity contribution in [1.29, 1.82) is 0 Å². The molecule has 0 aliphatic carbocycles. The van der Waals surface area contributed by atoms with E-state index in [-0.39, 0.29) is 12.5 Å². The Morgan fingerprint density at radius 1 is 1.60 bits per heavy atom. The van der Waals surface area contributed by atoms with Gasteiger partial charge in [-0.3, -0.25) is 0 Å². The Kier molecular flexibility index (Phi) is 5.14. The molecule has 1 fully saturated rings. The molecular weight excluding hydrogens is 282 g/mol. The summed E-state index contributed by atoms with van der Waals surface area (Å²) in [6.45, 7) is 3.55. The van der Waals surface area contributed by atoms with E-state index in [2.05, 4.69) is 9.88 Å². The smallest absolute Gasteiger partial charge is 0.279 e. The van der Waals surface area contributed by atoms with Crippen molar-refractivity contribution in [3.05, 3.63) is 17.5 Å². The van der Waals surface area contributed by atoms with Crippen LogP contribution in [0.1, 0.15) is 24.3 Å². The average molecular weight is 303 g/mol. The zero-order valence-electron chi connectivity index (χ0n) is 11.8. The van der Waals surface area contributed by atoms with E-state index in [1.807, 2.05) is 0 Å². The summed E-state index contributed by atoms with van der Waals surface area (Å²) in [4.78, 5) is 0. The van der Waals surface area contributed by atoms with Gasteiger partial charge in [-0.05, 0) is 25.7 Å². The first-order chi connectivity index (χ1) is 9.51. The zero-order chi connectivity index (χ0) is 14.6. The molecule has 0 bridgehead atoms. The number of ether oxygens (including phenoxy) is 1. The fraction of sp³-hybridized carbons (Fsp3) is 0.750. The highest BCUT2D eigenvalue weighted by molar-refractivity contribution is 7.87. The van der Waals surface area contributed by atoms with Crippen LogP contribution in [0, 0.1) is 12.8 Å². The van der Waals surface area contributed by atoms with Gasteiger partial charge < -0.3 is 9.26 Å². The van der Waals surface area contributed by atoms with Gasteiger partial charge in [0.15, 0.2) is 5.76 Å². The minimum Gasteiger partial charge on any atom is -0.384 e. The van der Waals surface area contributed by atoms with Crippen molar-refractivity contribution >= 4 is 10.2 Å². The lowest BCUT2D eigenvalue weighted by atomic mass is 10.0. The van der Waals surface area contributed by atoms with Gasteiger partial charge >= 0.3 is 0 Å². The van der Waals surface area contributed by atoms with Gasteiger partial charge in [0.1, 0.15) is 0 Å². The summed E-state index contributed by atoms with van der Waals surface area (Å²) in [6, 6.07) is 1.71. The third-order valence-electron chi connectivity index (χ3n) is 3.33. The van der Waals surface area contributed by atoms with Gasteiger partial charge in [0, 0.05) is 26.3 Å². The Morgan fingerprint density at radius 3 is 3.05 bits per heavy atom. The van der Waals surface area contributed by atoms with Gasteiger partial charge in [0.25, 0.3) is 10.2 Å². The number of piperidine rings is 1. The molecule has 1 aliphatic heterocycles. The Morgan fingerprint density at radius 2 is 2.40 bits per heavy atom. The normalized spacial score (nSPS) is 21.2. The van der Waals surface area contributed by atoms with Crippen molar-refractivity contribution in [2.45, 2.75) is 26.3 Å². The first-order valence-corrected chi connectivity index (χ1v) is 8.11. The minimum atomic E-state index is -3.48. The number of nitrogens with one attached hydrogen (secondary N) is 1. The molecule has 1 N–H and O–H groups in total. The molecule has 1 aromatic heterocycles. The molecule has 20 heavy (non-hydrogen) atoms. The summed E-state index contributed by atoms with van der Waals surface area (Å²) in [6.07, 6.45) is 1.86. The summed E-state index contributed by atoms with van der Waals surface area (Å²) in [5, 5.41) is 3.73. The summed E-state index contributed by atoms with van der Waals surface area (Å²) in [5.74, 6) is 0.773. The van der Waals surface area contributed by atoms with Crippen LogP contribution in [0.5, 0.6) is 0 Å². The quantitative estimate of drug-likeness (QED) is 0.835. The Balaban J connectivity index is 1.92. The molecule has 0 saturated carbocycles. The number of rotatable bonds is 6. The topological polar surface area (TPSA) is 84.7 Å². The van der Waals surface area contributed by atoms with E-state index >= 15 is 0 Å². The molecule has 1 saturated heterocycles. The number of hydrogen-bond donors (Lipinski definition) is 1. The zero-order valence-corrected chi connectivity index (χ0v) is 12.6. The molecule has 114 valence electrons. The van der Waals surface area contributed by atoms with Crippen molar-refractivity contribution in [3.63, 3.8) is 0 Å². The number of aromatic nitrogens is 1. The number of nitrogens with zero attached hydrogens (tertiary/aromatic N) is 2. The molecule has 7 nitrogen and oxygen atoms in total. The van der Waals surface area contributed by atoms with E-state index in [1.54, 1.807) is 20.1 Å². The fourth-order valence-electron chi connectivity index (χ4n) is 2.37. The van der Waals surface area contributed by atoms with Crippen LogP contribution in [0.2, 0.25) is 0 Å². The van der Waals surface area contributed by atoms with Crippen LogP contribution >= 0.6 is 0 Å². The second-order valence-electron chi connectivity index (χ2n) is 5.08. The van der Waals surface area contributed by atoms with Crippen LogP contribution in [0.25, 0.3) is 0 Å². The standard InChI is InChI=1S/C12H21N3O4S/c1-10-6-12(19-14-10)7-13-20(16,17)15-5-3-4-11(8-15)9-18-2/h6,11,13H,3-5,7-9H2,1-2H3. The highest BCUT2D eigenvalue weighted by Crippen LogP contribution is 2.19. The van der Waals surface area contributed by atoms with Crippen LogP contribution < -0.4 is 4.72 Å².